The molecule has 0 aliphatic carbocycles. The molecule has 1 atom stereocenters. The second-order valence-corrected chi connectivity index (χ2v) is 7.82. The van der Waals surface area contributed by atoms with E-state index in [1.54, 1.807) is 0 Å². The highest BCUT2D eigenvalue weighted by atomic mass is 16.6. The highest BCUT2D eigenvalue weighted by Gasteiger charge is 2.41. The Balaban J connectivity index is 1.97. The minimum Gasteiger partial charge on any atom is -0.460 e. The lowest BCUT2D eigenvalue weighted by molar-refractivity contribution is -0.168. The third-order valence-electron chi connectivity index (χ3n) is 4.42. The summed E-state index contributed by atoms with van der Waals surface area (Å²) >= 11 is 0. The van der Waals surface area contributed by atoms with E-state index in [0.29, 0.717) is 0 Å². The third-order valence-corrected chi connectivity index (χ3v) is 4.42. The topological polar surface area (TPSA) is 72.8 Å². The van der Waals surface area contributed by atoms with Crippen LogP contribution in [0, 0.1) is 26.2 Å². The molecule has 2 aromatic carbocycles. The van der Waals surface area contributed by atoms with Gasteiger partial charge in [-0.2, -0.15) is 0 Å². The third kappa shape index (κ3) is 7.35. The van der Waals surface area contributed by atoms with Crippen LogP contribution in [0.15, 0.2) is 48.5 Å². The first-order valence-corrected chi connectivity index (χ1v) is 9.71. The molecular formula is C24H29O5. The number of carbonyl (C=O) groups excluding carboxylic acids is 2. The van der Waals surface area contributed by atoms with Gasteiger partial charge >= 0.3 is 11.9 Å². The summed E-state index contributed by atoms with van der Waals surface area (Å²) in [7, 11) is 0. The molecule has 5 heteroatoms. The summed E-state index contributed by atoms with van der Waals surface area (Å²) in [4.78, 5) is 24.8. The molecule has 0 spiro atoms. The van der Waals surface area contributed by atoms with Crippen molar-refractivity contribution in [1.29, 1.82) is 0 Å². The van der Waals surface area contributed by atoms with Gasteiger partial charge in [-0.1, -0.05) is 73.5 Å². The van der Waals surface area contributed by atoms with Crippen molar-refractivity contribution in [3.8, 4) is 0 Å². The average Bonchev–Trinajstić information content (AvgIpc) is 2.66. The van der Waals surface area contributed by atoms with Gasteiger partial charge in [-0.3, -0.25) is 4.79 Å². The molecule has 155 valence electrons. The molecule has 0 saturated heterocycles. The molecule has 0 amide bonds. The number of hydrogen-bond acceptors (Lipinski definition) is 5. The van der Waals surface area contributed by atoms with Crippen LogP contribution in [0.3, 0.4) is 0 Å². The molecule has 0 heterocycles. The second kappa shape index (κ2) is 10.2. The quantitative estimate of drug-likeness (QED) is 0.646. The van der Waals surface area contributed by atoms with Crippen LogP contribution in [0.2, 0.25) is 0 Å². The van der Waals surface area contributed by atoms with Crippen LogP contribution < -0.4 is 0 Å². The van der Waals surface area contributed by atoms with Gasteiger partial charge in [0.2, 0.25) is 0 Å². The minimum atomic E-state index is -2.04. The van der Waals surface area contributed by atoms with Gasteiger partial charge in [-0.25, -0.2) is 4.79 Å². The van der Waals surface area contributed by atoms with Gasteiger partial charge in [0.1, 0.15) is 19.6 Å². The van der Waals surface area contributed by atoms with Crippen LogP contribution in [0.4, 0.5) is 0 Å². The normalized spacial score (nSPS) is 13.0. The van der Waals surface area contributed by atoms with Gasteiger partial charge in [0, 0.05) is 0 Å². The van der Waals surface area contributed by atoms with Crippen LogP contribution in [-0.4, -0.2) is 22.6 Å². The zero-order chi connectivity index (χ0) is 21.4. The van der Waals surface area contributed by atoms with Gasteiger partial charge in [0.25, 0.3) is 0 Å². The summed E-state index contributed by atoms with van der Waals surface area (Å²) in [6, 6.07) is 15.1. The van der Waals surface area contributed by atoms with Crippen molar-refractivity contribution in [3.63, 3.8) is 0 Å². The van der Waals surface area contributed by atoms with Gasteiger partial charge in [-0.05, 0) is 37.3 Å². The van der Waals surface area contributed by atoms with Gasteiger partial charge in [-0.15, -0.1) is 0 Å². The van der Waals surface area contributed by atoms with Crippen molar-refractivity contribution in [2.24, 2.45) is 5.92 Å². The van der Waals surface area contributed by atoms with Gasteiger partial charge in [0.15, 0.2) is 5.60 Å². The van der Waals surface area contributed by atoms with Crippen molar-refractivity contribution < 1.29 is 24.2 Å². The van der Waals surface area contributed by atoms with E-state index < -0.39 is 17.5 Å². The number of ether oxygens (including phenoxy) is 2. The Labute approximate surface area is 172 Å². The lowest BCUT2D eigenvalue weighted by Crippen LogP contribution is -2.44. The molecule has 0 aliphatic heterocycles. The maximum atomic E-state index is 12.6. The number of aryl methyl sites for hydroxylation is 2. The first-order chi connectivity index (χ1) is 13.7. The van der Waals surface area contributed by atoms with Gasteiger partial charge < -0.3 is 14.6 Å². The summed E-state index contributed by atoms with van der Waals surface area (Å²) in [5.74, 6) is -1.66. The molecule has 0 aromatic heterocycles. The number of carbonyl (C=O) groups is 2. The van der Waals surface area contributed by atoms with Crippen LogP contribution in [0.25, 0.3) is 0 Å². The van der Waals surface area contributed by atoms with E-state index in [4.69, 9.17) is 9.47 Å². The smallest absolute Gasteiger partial charge is 0.339 e. The molecule has 0 bridgehead atoms. The number of benzene rings is 2. The lowest BCUT2D eigenvalue weighted by atomic mass is 9.89. The van der Waals surface area contributed by atoms with E-state index in [1.807, 2.05) is 76.2 Å². The first-order valence-electron chi connectivity index (χ1n) is 9.71. The Bertz CT molecular complexity index is 808. The number of hydrogen-bond donors (Lipinski definition) is 1. The molecule has 29 heavy (non-hydrogen) atoms. The highest BCUT2D eigenvalue weighted by molar-refractivity contribution is 5.92. The molecule has 1 radical (unpaired) electrons. The summed E-state index contributed by atoms with van der Waals surface area (Å²) in [6.07, 6.45) is 0.970. The van der Waals surface area contributed by atoms with E-state index in [-0.39, 0.29) is 25.6 Å². The van der Waals surface area contributed by atoms with Crippen LogP contribution in [0.5, 0.6) is 0 Å². The number of esters is 2. The fourth-order valence-corrected chi connectivity index (χ4v) is 2.86. The second-order valence-electron chi connectivity index (χ2n) is 7.82. The van der Waals surface area contributed by atoms with Crippen molar-refractivity contribution >= 4 is 11.9 Å². The predicted octanol–water partition coefficient (Wildman–Crippen LogP) is 4.07. The molecule has 2 aromatic rings. The molecule has 0 saturated carbocycles. The Kier molecular flexibility index (Phi) is 7.97. The van der Waals surface area contributed by atoms with Crippen LogP contribution in [0.1, 0.15) is 42.5 Å². The summed E-state index contributed by atoms with van der Waals surface area (Å²) in [6.45, 7) is 7.72. The molecular weight excluding hydrogens is 368 g/mol. The Morgan fingerprint density at radius 3 is 1.79 bits per heavy atom. The number of rotatable bonds is 9. The molecule has 1 unspecified atom stereocenters. The van der Waals surface area contributed by atoms with Gasteiger partial charge in [0.05, 0.1) is 0 Å². The fraction of sp³-hybridized carbons (Fsp3) is 0.375. The number of aliphatic hydroxyl groups is 1. The summed E-state index contributed by atoms with van der Waals surface area (Å²) in [5, 5.41) is 10.8. The van der Waals surface area contributed by atoms with E-state index in [0.717, 1.165) is 28.7 Å². The molecule has 0 fully saturated rings. The van der Waals surface area contributed by atoms with Crippen LogP contribution >= 0.6 is 0 Å². The molecule has 5 nitrogen and oxygen atoms in total. The summed E-state index contributed by atoms with van der Waals surface area (Å²) < 4.78 is 10.5. The maximum Gasteiger partial charge on any atom is 0.339 e. The fourth-order valence-electron chi connectivity index (χ4n) is 2.86. The Morgan fingerprint density at radius 2 is 1.34 bits per heavy atom. The van der Waals surface area contributed by atoms with E-state index in [9.17, 15) is 14.7 Å². The predicted molar refractivity (Wildman–Crippen MR) is 111 cm³/mol. The standard InChI is InChI=1S/C24H29O5/c1-17(2)13-24(27,23(26)29-16-21-11-7-19(4)8-12-21)14-22(25)28-15-20-9-5-18(3)6-10-20/h5-12,14,17,27H,13,15-16H2,1-4H3. The maximum absolute atomic E-state index is 12.6. The van der Waals surface area contributed by atoms with Crippen molar-refractivity contribution in [3.05, 3.63) is 77.2 Å². The highest BCUT2D eigenvalue weighted by Crippen LogP contribution is 2.23. The Morgan fingerprint density at radius 1 is 0.897 bits per heavy atom. The zero-order valence-corrected chi connectivity index (χ0v) is 17.5. The SMILES string of the molecule is Cc1ccc(COC(=O)[CH]C(O)(CC(C)C)C(=O)OCc2ccc(C)cc2)cc1. The molecule has 0 aliphatic rings. The van der Waals surface area contributed by atoms with Crippen molar-refractivity contribution in [2.75, 3.05) is 0 Å². The Hall–Kier alpha value is -2.66. The van der Waals surface area contributed by atoms with Crippen molar-refractivity contribution in [2.45, 2.75) is 52.9 Å². The molecule has 2 rings (SSSR count). The molecule has 1 N–H and O–H groups in total. The minimum absolute atomic E-state index is 0.0196. The van der Waals surface area contributed by atoms with E-state index in [1.165, 1.54) is 0 Å². The average molecular weight is 397 g/mol. The monoisotopic (exact) mass is 397 g/mol. The summed E-state index contributed by atoms with van der Waals surface area (Å²) in [5.41, 5.74) is 1.79. The first kappa shape index (κ1) is 22.6. The largest absolute Gasteiger partial charge is 0.460 e. The zero-order valence-electron chi connectivity index (χ0n) is 17.5. The van der Waals surface area contributed by atoms with E-state index in [2.05, 4.69) is 0 Å². The van der Waals surface area contributed by atoms with Crippen molar-refractivity contribution in [1.82, 2.24) is 0 Å². The lowest BCUT2D eigenvalue weighted by Gasteiger charge is -2.26. The van der Waals surface area contributed by atoms with E-state index >= 15 is 0 Å². The van der Waals surface area contributed by atoms with Crippen LogP contribution in [-0.2, 0) is 32.3 Å².